The Morgan fingerprint density at radius 3 is 2.55 bits per heavy atom. The SMILES string of the molecule is c1ccc(NCc2cccc(N3CCOCC3)c2)cc1. The van der Waals surface area contributed by atoms with E-state index in [1.165, 1.54) is 11.3 Å². The summed E-state index contributed by atoms with van der Waals surface area (Å²) < 4.78 is 5.40. The van der Waals surface area contributed by atoms with Gasteiger partial charge in [0.25, 0.3) is 0 Å². The molecule has 3 rings (SSSR count). The molecule has 0 atom stereocenters. The molecule has 0 unspecified atom stereocenters. The van der Waals surface area contributed by atoms with E-state index in [9.17, 15) is 0 Å². The van der Waals surface area contributed by atoms with E-state index in [1.54, 1.807) is 0 Å². The van der Waals surface area contributed by atoms with E-state index in [2.05, 4.69) is 46.6 Å². The van der Waals surface area contributed by atoms with Crippen LogP contribution in [0.3, 0.4) is 0 Å². The minimum atomic E-state index is 0.826. The van der Waals surface area contributed by atoms with Crippen molar-refractivity contribution in [1.82, 2.24) is 0 Å². The molecule has 0 spiro atoms. The van der Waals surface area contributed by atoms with Gasteiger partial charge in [0.15, 0.2) is 0 Å². The first-order valence-electron chi connectivity index (χ1n) is 7.12. The van der Waals surface area contributed by atoms with Gasteiger partial charge in [0, 0.05) is 31.0 Å². The highest BCUT2D eigenvalue weighted by Gasteiger charge is 2.11. The standard InChI is InChI=1S/C17H20N2O/c1-2-6-16(7-3-1)18-14-15-5-4-8-17(13-15)19-9-11-20-12-10-19/h1-8,13,18H,9-12,14H2. The van der Waals surface area contributed by atoms with Gasteiger partial charge in [-0.05, 0) is 29.8 Å². The molecule has 3 nitrogen and oxygen atoms in total. The Morgan fingerprint density at radius 1 is 0.950 bits per heavy atom. The average Bonchev–Trinajstić information content (AvgIpc) is 2.55. The van der Waals surface area contributed by atoms with Gasteiger partial charge in [-0.2, -0.15) is 0 Å². The maximum atomic E-state index is 5.40. The van der Waals surface area contributed by atoms with Gasteiger partial charge >= 0.3 is 0 Å². The number of benzene rings is 2. The molecule has 0 aromatic heterocycles. The van der Waals surface area contributed by atoms with Gasteiger partial charge in [-0.1, -0.05) is 30.3 Å². The smallest absolute Gasteiger partial charge is 0.0642 e. The number of ether oxygens (including phenoxy) is 1. The number of anilines is 2. The van der Waals surface area contributed by atoms with Crippen LogP contribution in [0.4, 0.5) is 11.4 Å². The second-order valence-corrected chi connectivity index (χ2v) is 4.99. The summed E-state index contributed by atoms with van der Waals surface area (Å²) in [6.07, 6.45) is 0. The third kappa shape index (κ3) is 3.31. The second kappa shape index (κ2) is 6.44. The van der Waals surface area contributed by atoms with Crippen LogP contribution in [0.2, 0.25) is 0 Å². The Bertz CT molecular complexity index is 536. The molecule has 20 heavy (non-hydrogen) atoms. The molecule has 1 fully saturated rings. The van der Waals surface area contributed by atoms with Crippen LogP contribution in [-0.4, -0.2) is 26.3 Å². The van der Waals surface area contributed by atoms with Crippen molar-refractivity contribution in [2.45, 2.75) is 6.54 Å². The van der Waals surface area contributed by atoms with Crippen LogP contribution < -0.4 is 10.2 Å². The van der Waals surface area contributed by atoms with Crippen LogP contribution >= 0.6 is 0 Å². The molecule has 2 aromatic carbocycles. The van der Waals surface area contributed by atoms with Crippen molar-refractivity contribution in [3.63, 3.8) is 0 Å². The van der Waals surface area contributed by atoms with E-state index < -0.39 is 0 Å². The Balaban J connectivity index is 1.65. The zero-order valence-electron chi connectivity index (χ0n) is 11.6. The first-order valence-corrected chi connectivity index (χ1v) is 7.12. The van der Waals surface area contributed by atoms with Crippen molar-refractivity contribution in [2.24, 2.45) is 0 Å². The molecule has 0 bridgehead atoms. The van der Waals surface area contributed by atoms with E-state index in [1.807, 2.05) is 18.2 Å². The van der Waals surface area contributed by atoms with Gasteiger partial charge in [-0.15, -0.1) is 0 Å². The highest BCUT2D eigenvalue weighted by atomic mass is 16.5. The monoisotopic (exact) mass is 268 g/mol. The summed E-state index contributed by atoms with van der Waals surface area (Å²) in [5, 5.41) is 3.45. The zero-order chi connectivity index (χ0) is 13.6. The van der Waals surface area contributed by atoms with Crippen molar-refractivity contribution in [1.29, 1.82) is 0 Å². The van der Waals surface area contributed by atoms with Crippen LogP contribution in [0.25, 0.3) is 0 Å². The normalized spacial score (nSPS) is 15.1. The van der Waals surface area contributed by atoms with Crippen molar-refractivity contribution in [3.8, 4) is 0 Å². The summed E-state index contributed by atoms with van der Waals surface area (Å²) >= 11 is 0. The van der Waals surface area contributed by atoms with Gasteiger partial charge in [0.1, 0.15) is 0 Å². The Morgan fingerprint density at radius 2 is 1.75 bits per heavy atom. The molecule has 3 heteroatoms. The van der Waals surface area contributed by atoms with Gasteiger partial charge in [0.05, 0.1) is 13.2 Å². The van der Waals surface area contributed by atoms with Crippen LogP contribution in [0, 0.1) is 0 Å². The molecular weight excluding hydrogens is 248 g/mol. The van der Waals surface area contributed by atoms with Crippen LogP contribution in [0.1, 0.15) is 5.56 Å². The van der Waals surface area contributed by atoms with Crippen molar-refractivity contribution in [2.75, 3.05) is 36.5 Å². The van der Waals surface area contributed by atoms with Crippen LogP contribution in [0.5, 0.6) is 0 Å². The Kier molecular flexibility index (Phi) is 4.19. The third-order valence-corrected chi connectivity index (χ3v) is 3.56. The Labute approximate surface area is 120 Å². The number of morpholine rings is 1. The molecule has 1 heterocycles. The van der Waals surface area contributed by atoms with E-state index in [-0.39, 0.29) is 0 Å². The van der Waals surface area contributed by atoms with Gasteiger partial charge in [0.2, 0.25) is 0 Å². The molecule has 2 aromatic rings. The van der Waals surface area contributed by atoms with E-state index in [0.717, 1.165) is 38.5 Å². The Hall–Kier alpha value is -2.00. The molecule has 0 amide bonds. The predicted octanol–water partition coefficient (Wildman–Crippen LogP) is 3.14. The van der Waals surface area contributed by atoms with Gasteiger partial charge < -0.3 is 15.0 Å². The summed E-state index contributed by atoms with van der Waals surface area (Å²) in [6, 6.07) is 19.0. The zero-order valence-corrected chi connectivity index (χ0v) is 11.6. The fraction of sp³-hybridized carbons (Fsp3) is 0.294. The fourth-order valence-corrected chi connectivity index (χ4v) is 2.44. The van der Waals surface area contributed by atoms with Gasteiger partial charge in [-0.3, -0.25) is 0 Å². The molecule has 1 saturated heterocycles. The maximum Gasteiger partial charge on any atom is 0.0642 e. The lowest BCUT2D eigenvalue weighted by Crippen LogP contribution is -2.36. The van der Waals surface area contributed by atoms with Gasteiger partial charge in [-0.25, -0.2) is 0 Å². The first-order chi connectivity index (χ1) is 9.92. The summed E-state index contributed by atoms with van der Waals surface area (Å²) in [6.45, 7) is 4.46. The average molecular weight is 268 g/mol. The van der Waals surface area contributed by atoms with Crippen LogP contribution in [-0.2, 0) is 11.3 Å². The lowest BCUT2D eigenvalue weighted by atomic mass is 10.1. The van der Waals surface area contributed by atoms with Crippen molar-refractivity contribution < 1.29 is 4.74 Å². The number of nitrogens with zero attached hydrogens (tertiary/aromatic N) is 1. The van der Waals surface area contributed by atoms with Crippen molar-refractivity contribution in [3.05, 3.63) is 60.2 Å². The molecule has 1 aliphatic rings. The fourth-order valence-electron chi connectivity index (χ4n) is 2.44. The van der Waals surface area contributed by atoms with Crippen LogP contribution in [0.15, 0.2) is 54.6 Å². The molecule has 0 aliphatic carbocycles. The summed E-state index contributed by atoms with van der Waals surface area (Å²) in [4.78, 5) is 2.38. The predicted molar refractivity (Wildman–Crippen MR) is 83.2 cm³/mol. The molecule has 1 aliphatic heterocycles. The summed E-state index contributed by atoms with van der Waals surface area (Å²) in [5.41, 5.74) is 3.75. The molecule has 0 saturated carbocycles. The van der Waals surface area contributed by atoms with E-state index >= 15 is 0 Å². The summed E-state index contributed by atoms with van der Waals surface area (Å²) in [7, 11) is 0. The quantitative estimate of drug-likeness (QED) is 0.922. The number of nitrogens with one attached hydrogen (secondary N) is 1. The summed E-state index contributed by atoms with van der Waals surface area (Å²) in [5.74, 6) is 0. The largest absolute Gasteiger partial charge is 0.381 e. The lowest BCUT2D eigenvalue weighted by Gasteiger charge is -2.29. The highest BCUT2D eigenvalue weighted by molar-refractivity contribution is 5.50. The minimum absolute atomic E-state index is 0.826. The highest BCUT2D eigenvalue weighted by Crippen LogP contribution is 2.18. The second-order valence-electron chi connectivity index (χ2n) is 4.99. The number of hydrogen-bond acceptors (Lipinski definition) is 3. The lowest BCUT2D eigenvalue weighted by molar-refractivity contribution is 0.122. The maximum absolute atomic E-state index is 5.40. The van der Waals surface area contributed by atoms with E-state index in [0.29, 0.717) is 0 Å². The third-order valence-electron chi connectivity index (χ3n) is 3.56. The number of hydrogen-bond donors (Lipinski definition) is 1. The molecular formula is C17H20N2O. The van der Waals surface area contributed by atoms with Crippen molar-refractivity contribution >= 4 is 11.4 Å². The molecule has 1 N–H and O–H groups in total. The van der Waals surface area contributed by atoms with E-state index in [4.69, 9.17) is 4.74 Å². The minimum Gasteiger partial charge on any atom is -0.381 e. The number of rotatable bonds is 4. The number of para-hydroxylation sites is 1. The molecule has 0 radical (unpaired) electrons. The topological polar surface area (TPSA) is 24.5 Å². The molecule has 104 valence electrons. The first kappa shape index (κ1) is 13.0.